The van der Waals surface area contributed by atoms with E-state index in [-0.39, 0.29) is 0 Å². The largest absolute Gasteiger partial charge is 0.480 e. The first-order valence-corrected chi connectivity index (χ1v) is 5.86. The molecule has 1 saturated heterocycles. The zero-order valence-electron chi connectivity index (χ0n) is 10.0. The van der Waals surface area contributed by atoms with Crippen LogP contribution in [0.4, 0.5) is 0 Å². The Balaban J connectivity index is 2.06. The Morgan fingerprint density at radius 3 is 2.71 bits per heavy atom. The minimum absolute atomic E-state index is 0.394. The molecular weight excluding hydrogens is 216 g/mol. The zero-order valence-corrected chi connectivity index (χ0v) is 10.0. The van der Waals surface area contributed by atoms with Crippen LogP contribution in [0.5, 0.6) is 0 Å². The molecule has 4 heteroatoms. The van der Waals surface area contributed by atoms with Gasteiger partial charge in [0.2, 0.25) is 0 Å². The normalized spacial score (nSPS) is 22.5. The van der Waals surface area contributed by atoms with Crippen molar-refractivity contribution in [2.24, 2.45) is 0 Å². The van der Waals surface area contributed by atoms with Gasteiger partial charge < -0.3 is 10.0 Å². The highest BCUT2D eigenvalue weighted by molar-refractivity contribution is 5.74. The standard InChI is InChI=1S/C13H18N2O2/c1-14-7-8-15(12(10-14)13(16)17)9-11-5-3-2-4-6-11/h2-6,12H,7-10H2,1H3,(H,16,17). The number of benzene rings is 1. The van der Waals surface area contributed by atoms with E-state index in [0.29, 0.717) is 13.1 Å². The highest BCUT2D eigenvalue weighted by Gasteiger charge is 2.30. The van der Waals surface area contributed by atoms with E-state index < -0.39 is 12.0 Å². The third-order valence-electron chi connectivity index (χ3n) is 3.21. The van der Waals surface area contributed by atoms with E-state index >= 15 is 0 Å². The van der Waals surface area contributed by atoms with Crippen molar-refractivity contribution in [3.63, 3.8) is 0 Å². The number of nitrogens with zero attached hydrogens (tertiary/aromatic N) is 2. The lowest BCUT2D eigenvalue weighted by atomic mass is 10.1. The molecule has 0 aromatic heterocycles. The fraction of sp³-hybridized carbons (Fsp3) is 0.462. The number of hydrogen-bond acceptors (Lipinski definition) is 3. The third-order valence-corrected chi connectivity index (χ3v) is 3.21. The lowest BCUT2D eigenvalue weighted by molar-refractivity contribution is -0.145. The number of carboxylic acids is 1. The molecule has 17 heavy (non-hydrogen) atoms. The van der Waals surface area contributed by atoms with Gasteiger partial charge in [-0.25, -0.2) is 0 Å². The Morgan fingerprint density at radius 1 is 1.35 bits per heavy atom. The lowest BCUT2D eigenvalue weighted by Gasteiger charge is -2.37. The number of piperazine rings is 1. The van der Waals surface area contributed by atoms with Crippen LogP contribution in [0, 0.1) is 0 Å². The van der Waals surface area contributed by atoms with Gasteiger partial charge in [-0.3, -0.25) is 9.69 Å². The molecule has 0 bridgehead atoms. The van der Waals surface area contributed by atoms with E-state index in [1.165, 1.54) is 5.56 Å². The van der Waals surface area contributed by atoms with Crippen molar-refractivity contribution in [1.29, 1.82) is 0 Å². The van der Waals surface area contributed by atoms with Crippen LogP contribution in [0.2, 0.25) is 0 Å². The van der Waals surface area contributed by atoms with Crippen LogP contribution in [0.3, 0.4) is 0 Å². The van der Waals surface area contributed by atoms with Crippen molar-refractivity contribution in [3.8, 4) is 0 Å². The summed E-state index contributed by atoms with van der Waals surface area (Å²) in [5, 5.41) is 9.24. The average Bonchev–Trinajstić information content (AvgIpc) is 2.32. The molecule has 1 fully saturated rings. The first-order chi connectivity index (χ1) is 8.16. The van der Waals surface area contributed by atoms with Crippen molar-refractivity contribution in [2.45, 2.75) is 12.6 Å². The molecule has 0 spiro atoms. The number of carboxylic acid groups (broad SMARTS) is 1. The highest BCUT2D eigenvalue weighted by atomic mass is 16.4. The van der Waals surface area contributed by atoms with Crippen molar-refractivity contribution in [3.05, 3.63) is 35.9 Å². The van der Waals surface area contributed by atoms with Crippen LogP contribution < -0.4 is 0 Å². The van der Waals surface area contributed by atoms with Gasteiger partial charge in [-0.05, 0) is 12.6 Å². The van der Waals surface area contributed by atoms with E-state index in [2.05, 4.69) is 4.90 Å². The maximum Gasteiger partial charge on any atom is 0.322 e. The van der Waals surface area contributed by atoms with Crippen LogP contribution in [0.25, 0.3) is 0 Å². The van der Waals surface area contributed by atoms with Crippen molar-refractivity contribution >= 4 is 5.97 Å². The molecule has 1 atom stereocenters. The van der Waals surface area contributed by atoms with Crippen LogP contribution in [0.15, 0.2) is 30.3 Å². The molecule has 0 saturated carbocycles. The summed E-state index contributed by atoms with van der Waals surface area (Å²) in [5.41, 5.74) is 1.17. The summed E-state index contributed by atoms with van der Waals surface area (Å²) in [6.45, 7) is 3.05. The third kappa shape index (κ3) is 3.05. The van der Waals surface area contributed by atoms with E-state index in [1.54, 1.807) is 0 Å². The molecule has 2 rings (SSSR count). The predicted octanol–water partition coefficient (Wildman–Crippen LogP) is 0.887. The summed E-state index contributed by atoms with van der Waals surface area (Å²) >= 11 is 0. The van der Waals surface area contributed by atoms with Gasteiger partial charge in [0, 0.05) is 26.2 Å². The van der Waals surface area contributed by atoms with Gasteiger partial charge in [0.25, 0.3) is 0 Å². The topological polar surface area (TPSA) is 43.8 Å². The second-order valence-corrected chi connectivity index (χ2v) is 4.57. The number of aliphatic carboxylic acids is 1. The van der Waals surface area contributed by atoms with Crippen LogP contribution in [0.1, 0.15) is 5.56 Å². The molecular formula is C13H18N2O2. The summed E-state index contributed by atoms with van der Waals surface area (Å²) in [5.74, 6) is -0.729. The SMILES string of the molecule is CN1CCN(Cc2ccccc2)C(C(=O)O)C1. The van der Waals surface area contributed by atoms with Gasteiger partial charge in [0.15, 0.2) is 0 Å². The number of rotatable bonds is 3. The Labute approximate surface area is 101 Å². The number of hydrogen-bond donors (Lipinski definition) is 1. The molecule has 1 N–H and O–H groups in total. The van der Waals surface area contributed by atoms with E-state index in [0.717, 1.165) is 13.1 Å². The summed E-state index contributed by atoms with van der Waals surface area (Å²) in [6, 6.07) is 9.63. The number of carbonyl (C=O) groups is 1. The second-order valence-electron chi connectivity index (χ2n) is 4.57. The molecule has 0 aliphatic carbocycles. The van der Waals surface area contributed by atoms with Crippen LogP contribution in [-0.4, -0.2) is 53.6 Å². The van der Waals surface area contributed by atoms with E-state index in [9.17, 15) is 9.90 Å². The zero-order chi connectivity index (χ0) is 12.3. The second kappa shape index (κ2) is 5.29. The molecule has 1 aromatic carbocycles. The van der Waals surface area contributed by atoms with Crippen molar-refractivity contribution in [2.75, 3.05) is 26.7 Å². The molecule has 1 unspecified atom stereocenters. The molecule has 1 aliphatic heterocycles. The summed E-state index contributed by atoms with van der Waals surface area (Å²) in [4.78, 5) is 15.3. The summed E-state index contributed by atoms with van der Waals surface area (Å²) in [6.07, 6.45) is 0. The number of likely N-dealkylation sites (N-methyl/N-ethyl adjacent to an activating group) is 1. The molecule has 1 heterocycles. The maximum absolute atomic E-state index is 11.2. The summed E-state index contributed by atoms with van der Waals surface area (Å²) in [7, 11) is 1.97. The van der Waals surface area contributed by atoms with Gasteiger partial charge in [0.1, 0.15) is 6.04 Å². The van der Waals surface area contributed by atoms with Gasteiger partial charge >= 0.3 is 5.97 Å². The van der Waals surface area contributed by atoms with Gasteiger partial charge in [-0.15, -0.1) is 0 Å². The highest BCUT2D eigenvalue weighted by Crippen LogP contribution is 2.13. The lowest BCUT2D eigenvalue weighted by Crippen LogP contribution is -2.54. The molecule has 1 aliphatic rings. The van der Waals surface area contributed by atoms with E-state index in [4.69, 9.17) is 0 Å². The quantitative estimate of drug-likeness (QED) is 0.843. The molecule has 1 aromatic rings. The average molecular weight is 234 g/mol. The minimum atomic E-state index is -0.729. The fourth-order valence-corrected chi connectivity index (χ4v) is 2.20. The summed E-state index contributed by atoms with van der Waals surface area (Å²) < 4.78 is 0. The van der Waals surface area contributed by atoms with Crippen LogP contribution >= 0.6 is 0 Å². The molecule has 0 radical (unpaired) electrons. The smallest absolute Gasteiger partial charge is 0.322 e. The Morgan fingerprint density at radius 2 is 2.06 bits per heavy atom. The van der Waals surface area contributed by atoms with Gasteiger partial charge in [-0.1, -0.05) is 30.3 Å². The molecule has 92 valence electrons. The van der Waals surface area contributed by atoms with Gasteiger partial charge in [-0.2, -0.15) is 0 Å². The van der Waals surface area contributed by atoms with Gasteiger partial charge in [0.05, 0.1) is 0 Å². The minimum Gasteiger partial charge on any atom is -0.480 e. The molecule has 0 amide bonds. The monoisotopic (exact) mass is 234 g/mol. The Kier molecular flexibility index (Phi) is 3.76. The maximum atomic E-state index is 11.2. The molecule has 4 nitrogen and oxygen atoms in total. The van der Waals surface area contributed by atoms with Crippen molar-refractivity contribution < 1.29 is 9.90 Å². The Bertz CT molecular complexity index is 380. The van der Waals surface area contributed by atoms with E-state index in [1.807, 2.05) is 42.3 Å². The van der Waals surface area contributed by atoms with Crippen LogP contribution in [-0.2, 0) is 11.3 Å². The first-order valence-electron chi connectivity index (χ1n) is 5.86. The first kappa shape index (κ1) is 12.1. The fourth-order valence-electron chi connectivity index (χ4n) is 2.20. The Hall–Kier alpha value is -1.39. The van der Waals surface area contributed by atoms with Crippen molar-refractivity contribution in [1.82, 2.24) is 9.80 Å². The predicted molar refractivity (Wildman–Crippen MR) is 65.8 cm³/mol.